The minimum Gasteiger partial charge on any atom is -0.496 e. The molecule has 0 radical (unpaired) electrons. The SMILES string of the molecule is COCc1cccc(C2CC(CN)CN2C)c1OC. The van der Waals surface area contributed by atoms with Gasteiger partial charge in [0.25, 0.3) is 0 Å². The number of ether oxygens (including phenoxy) is 2. The summed E-state index contributed by atoms with van der Waals surface area (Å²) in [4.78, 5) is 2.37. The molecule has 106 valence electrons. The standard InChI is InChI=1S/C15H24N2O2/c1-17-9-11(8-16)7-14(17)13-6-4-5-12(10-18-2)15(13)19-3/h4-6,11,14H,7-10,16H2,1-3H3. The monoisotopic (exact) mass is 264 g/mol. The predicted molar refractivity (Wildman–Crippen MR) is 76.2 cm³/mol. The number of rotatable bonds is 5. The molecule has 2 N–H and O–H groups in total. The molecule has 1 saturated heterocycles. The summed E-state index contributed by atoms with van der Waals surface area (Å²) in [6, 6.07) is 6.68. The quantitative estimate of drug-likeness (QED) is 0.881. The molecule has 1 aliphatic heterocycles. The number of likely N-dealkylation sites (tertiary alicyclic amines) is 1. The Balaban J connectivity index is 2.31. The van der Waals surface area contributed by atoms with E-state index in [0.29, 0.717) is 18.6 Å². The molecule has 1 aliphatic rings. The Kier molecular flexibility index (Phi) is 4.80. The highest BCUT2D eigenvalue weighted by Crippen LogP contribution is 2.39. The first-order valence-corrected chi connectivity index (χ1v) is 6.76. The van der Waals surface area contributed by atoms with Crippen LogP contribution in [0.15, 0.2) is 18.2 Å². The number of hydrogen-bond donors (Lipinski definition) is 1. The van der Waals surface area contributed by atoms with Crippen LogP contribution in [0.3, 0.4) is 0 Å². The third-order valence-corrected chi connectivity index (χ3v) is 3.96. The van der Waals surface area contributed by atoms with Crippen LogP contribution >= 0.6 is 0 Å². The molecule has 4 nitrogen and oxygen atoms in total. The molecule has 2 atom stereocenters. The minimum atomic E-state index is 0.389. The van der Waals surface area contributed by atoms with Crippen molar-refractivity contribution in [1.82, 2.24) is 4.90 Å². The fourth-order valence-electron chi connectivity index (χ4n) is 3.03. The van der Waals surface area contributed by atoms with Gasteiger partial charge in [0.2, 0.25) is 0 Å². The van der Waals surface area contributed by atoms with E-state index in [1.54, 1.807) is 14.2 Å². The smallest absolute Gasteiger partial charge is 0.129 e. The molecule has 19 heavy (non-hydrogen) atoms. The first-order valence-electron chi connectivity index (χ1n) is 6.76. The molecule has 0 bridgehead atoms. The normalized spacial score (nSPS) is 23.8. The third kappa shape index (κ3) is 2.91. The van der Waals surface area contributed by atoms with Crippen molar-refractivity contribution < 1.29 is 9.47 Å². The van der Waals surface area contributed by atoms with Crippen LogP contribution in [-0.2, 0) is 11.3 Å². The van der Waals surface area contributed by atoms with Gasteiger partial charge in [-0.25, -0.2) is 0 Å². The van der Waals surface area contributed by atoms with Crippen LogP contribution in [0, 0.1) is 5.92 Å². The summed E-state index contributed by atoms with van der Waals surface area (Å²) in [5.41, 5.74) is 8.16. The Bertz CT molecular complexity index is 423. The molecule has 2 unspecified atom stereocenters. The lowest BCUT2D eigenvalue weighted by Gasteiger charge is -2.23. The van der Waals surface area contributed by atoms with Gasteiger partial charge in [0.15, 0.2) is 0 Å². The molecule has 1 fully saturated rings. The first-order chi connectivity index (χ1) is 9.21. The second-order valence-electron chi connectivity index (χ2n) is 5.27. The van der Waals surface area contributed by atoms with E-state index in [-0.39, 0.29) is 0 Å². The summed E-state index contributed by atoms with van der Waals surface area (Å²) < 4.78 is 10.9. The van der Waals surface area contributed by atoms with Gasteiger partial charge >= 0.3 is 0 Å². The predicted octanol–water partition coefficient (Wildman–Crippen LogP) is 1.79. The molecule has 1 heterocycles. The summed E-state index contributed by atoms with van der Waals surface area (Å²) in [6.45, 7) is 2.38. The van der Waals surface area contributed by atoms with Gasteiger partial charge in [0, 0.05) is 30.8 Å². The van der Waals surface area contributed by atoms with Gasteiger partial charge in [-0.3, -0.25) is 4.90 Å². The van der Waals surface area contributed by atoms with Gasteiger partial charge in [-0.05, 0) is 25.9 Å². The maximum Gasteiger partial charge on any atom is 0.129 e. The number of nitrogens with zero attached hydrogens (tertiary/aromatic N) is 1. The highest BCUT2D eigenvalue weighted by molar-refractivity contribution is 5.43. The third-order valence-electron chi connectivity index (χ3n) is 3.96. The maximum absolute atomic E-state index is 5.81. The molecule has 0 aromatic heterocycles. The highest BCUT2D eigenvalue weighted by atomic mass is 16.5. The van der Waals surface area contributed by atoms with Crippen molar-refractivity contribution in [2.24, 2.45) is 11.7 Å². The number of methoxy groups -OCH3 is 2. The van der Waals surface area contributed by atoms with Gasteiger partial charge in [0.05, 0.1) is 13.7 Å². The fraction of sp³-hybridized carbons (Fsp3) is 0.600. The van der Waals surface area contributed by atoms with Crippen molar-refractivity contribution >= 4 is 0 Å². The van der Waals surface area contributed by atoms with Crippen molar-refractivity contribution in [1.29, 1.82) is 0 Å². The second-order valence-corrected chi connectivity index (χ2v) is 5.27. The van der Waals surface area contributed by atoms with Gasteiger partial charge in [0.1, 0.15) is 5.75 Å². The minimum absolute atomic E-state index is 0.389. The topological polar surface area (TPSA) is 47.7 Å². The summed E-state index contributed by atoms with van der Waals surface area (Å²) in [6.07, 6.45) is 1.10. The largest absolute Gasteiger partial charge is 0.496 e. The molecule has 1 aromatic carbocycles. The zero-order valence-electron chi connectivity index (χ0n) is 12.1. The fourth-order valence-corrected chi connectivity index (χ4v) is 3.03. The molecular formula is C15H24N2O2. The lowest BCUT2D eigenvalue weighted by atomic mass is 9.97. The van der Waals surface area contributed by atoms with Gasteiger partial charge in [-0.1, -0.05) is 18.2 Å². The van der Waals surface area contributed by atoms with E-state index in [9.17, 15) is 0 Å². The van der Waals surface area contributed by atoms with Crippen LogP contribution < -0.4 is 10.5 Å². The molecule has 0 spiro atoms. The van der Waals surface area contributed by atoms with Crippen LogP contribution in [0.25, 0.3) is 0 Å². The lowest BCUT2D eigenvalue weighted by molar-refractivity contribution is 0.181. The first kappa shape index (κ1) is 14.3. The van der Waals surface area contributed by atoms with Crippen LogP contribution in [0.5, 0.6) is 5.75 Å². The van der Waals surface area contributed by atoms with E-state index in [1.807, 2.05) is 0 Å². The van der Waals surface area contributed by atoms with Crippen LogP contribution in [0.4, 0.5) is 0 Å². The summed E-state index contributed by atoms with van der Waals surface area (Å²) in [5, 5.41) is 0. The summed E-state index contributed by atoms with van der Waals surface area (Å²) >= 11 is 0. The van der Waals surface area contributed by atoms with Crippen molar-refractivity contribution in [3.63, 3.8) is 0 Å². The van der Waals surface area contributed by atoms with Gasteiger partial charge in [-0.2, -0.15) is 0 Å². The molecule has 0 amide bonds. The van der Waals surface area contributed by atoms with E-state index < -0.39 is 0 Å². The van der Waals surface area contributed by atoms with E-state index in [4.69, 9.17) is 15.2 Å². The molecule has 0 aliphatic carbocycles. The van der Waals surface area contributed by atoms with Crippen LogP contribution in [0.2, 0.25) is 0 Å². The van der Waals surface area contributed by atoms with E-state index in [2.05, 4.69) is 30.1 Å². The van der Waals surface area contributed by atoms with Gasteiger partial charge in [-0.15, -0.1) is 0 Å². The number of para-hydroxylation sites is 1. The Labute approximate surface area is 115 Å². The lowest BCUT2D eigenvalue weighted by Crippen LogP contribution is -2.21. The van der Waals surface area contributed by atoms with Crippen molar-refractivity contribution in [2.45, 2.75) is 19.1 Å². The maximum atomic E-state index is 5.81. The molecule has 4 heteroatoms. The summed E-state index contributed by atoms with van der Waals surface area (Å²) in [7, 11) is 5.59. The number of nitrogens with two attached hydrogens (primary N) is 1. The Hall–Kier alpha value is -1.10. The second kappa shape index (κ2) is 6.37. The zero-order valence-corrected chi connectivity index (χ0v) is 12.1. The number of hydrogen-bond acceptors (Lipinski definition) is 4. The average molecular weight is 264 g/mol. The molecular weight excluding hydrogens is 240 g/mol. The van der Waals surface area contributed by atoms with E-state index in [1.165, 1.54) is 5.56 Å². The Morgan fingerprint density at radius 3 is 2.74 bits per heavy atom. The van der Waals surface area contributed by atoms with E-state index in [0.717, 1.165) is 30.8 Å². The van der Waals surface area contributed by atoms with Crippen molar-refractivity contribution in [3.8, 4) is 5.75 Å². The highest BCUT2D eigenvalue weighted by Gasteiger charge is 2.31. The molecule has 0 saturated carbocycles. The Morgan fingerprint density at radius 2 is 2.16 bits per heavy atom. The average Bonchev–Trinajstić information content (AvgIpc) is 2.80. The summed E-state index contributed by atoms with van der Waals surface area (Å²) in [5.74, 6) is 1.53. The van der Waals surface area contributed by atoms with E-state index >= 15 is 0 Å². The van der Waals surface area contributed by atoms with Crippen molar-refractivity contribution in [2.75, 3.05) is 34.4 Å². The molecule has 2 rings (SSSR count). The van der Waals surface area contributed by atoms with Crippen LogP contribution in [0.1, 0.15) is 23.6 Å². The molecule has 1 aromatic rings. The zero-order chi connectivity index (χ0) is 13.8. The van der Waals surface area contributed by atoms with Crippen molar-refractivity contribution in [3.05, 3.63) is 29.3 Å². The number of benzene rings is 1. The Morgan fingerprint density at radius 1 is 1.37 bits per heavy atom. The van der Waals surface area contributed by atoms with Gasteiger partial charge < -0.3 is 15.2 Å². The van der Waals surface area contributed by atoms with Crippen LogP contribution in [-0.4, -0.2) is 39.3 Å².